The normalized spacial score (nSPS) is 17.0. The maximum Gasteiger partial charge on any atom is 0.241 e. The lowest BCUT2D eigenvalue weighted by Crippen LogP contribution is -2.48. The molecule has 8 heteroatoms. The van der Waals surface area contributed by atoms with Gasteiger partial charge in [0.25, 0.3) is 0 Å². The van der Waals surface area contributed by atoms with Crippen molar-refractivity contribution in [1.82, 2.24) is 4.90 Å². The molecular weight excluding hydrogens is 448 g/mol. The van der Waals surface area contributed by atoms with Gasteiger partial charge in [-0.1, -0.05) is 28.1 Å². The molecule has 1 aliphatic heterocycles. The Bertz CT molecular complexity index is 948. The van der Waals surface area contributed by atoms with Gasteiger partial charge in [0.1, 0.15) is 0 Å². The molecule has 30 heavy (non-hydrogen) atoms. The summed E-state index contributed by atoms with van der Waals surface area (Å²) in [4.78, 5) is 41.3. The number of hydrogen-bond donors (Lipinski definition) is 2. The van der Waals surface area contributed by atoms with Crippen molar-refractivity contribution in [3.8, 4) is 0 Å². The van der Waals surface area contributed by atoms with Crippen LogP contribution in [0.5, 0.6) is 0 Å². The predicted molar refractivity (Wildman–Crippen MR) is 122 cm³/mol. The lowest BCUT2D eigenvalue weighted by molar-refractivity contribution is -0.123. The second-order valence-electron chi connectivity index (χ2n) is 7.47. The van der Waals surface area contributed by atoms with Crippen molar-refractivity contribution in [1.29, 1.82) is 0 Å². The molecule has 3 amide bonds. The molecule has 2 atom stereocenters. The molecule has 0 aromatic heterocycles. The van der Waals surface area contributed by atoms with Crippen LogP contribution in [0.15, 0.2) is 53.0 Å². The molecule has 0 bridgehead atoms. The van der Waals surface area contributed by atoms with Gasteiger partial charge >= 0.3 is 0 Å². The van der Waals surface area contributed by atoms with Crippen LogP contribution in [0.1, 0.15) is 20.3 Å². The summed E-state index contributed by atoms with van der Waals surface area (Å²) in [6.45, 7) is 3.65. The minimum atomic E-state index is -0.519. The topological polar surface area (TPSA) is 81.8 Å². The second kappa shape index (κ2) is 9.40. The first-order chi connectivity index (χ1) is 14.3. The quantitative estimate of drug-likeness (QED) is 0.697. The molecule has 0 spiro atoms. The summed E-state index contributed by atoms with van der Waals surface area (Å²) in [5.74, 6) is -0.494. The van der Waals surface area contributed by atoms with Crippen molar-refractivity contribution in [3.63, 3.8) is 0 Å². The molecule has 0 aliphatic carbocycles. The summed E-state index contributed by atoms with van der Waals surface area (Å²) < 4.78 is 0.927. The molecule has 0 unspecified atom stereocenters. The third-order valence-electron chi connectivity index (χ3n) is 5.16. The van der Waals surface area contributed by atoms with Crippen LogP contribution in [-0.4, -0.2) is 48.3 Å². The van der Waals surface area contributed by atoms with Crippen molar-refractivity contribution in [2.75, 3.05) is 29.1 Å². The first-order valence-corrected chi connectivity index (χ1v) is 10.5. The molecule has 0 saturated heterocycles. The van der Waals surface area contributed by atoms with Crippen molar-refractivity contribution in [2.45, 2.75) is 32.4 Å². The first kappa shape index (κ1) is 22.0. The van der Waals surface area contributed by atoms with E-state index in [4.69, 9.17) is 0 Å². The van der Waals surface area contributed by atoms with Crippen LogP contribution in [0.2, 0.25) is 0 Å². The fraction of sp³-hybridized carbons (Fsp3) is 0.318. The molecule has 7 nitrogen and oxygen atoms in total. The van der Waals surface area contributed by atoms with Gasteiger partial charge in [-0.2, -0.15) is 0 Å². The predicted octanol–water partition coefficient (Wildman–Crippen LogP) is 3.47. The number of hydrogen-bond acceptors (Lipinski definition) is 4. The van der Waals surface area contributed by atoms with E-state index in [0.717, 1.165) is 4.47 Å². The number of anilines is 3. The molecule has 2 aromatic rings. The molecule has 2 aromatic carbocycles. The summed E-state index contributed by atoms with van der Waals surface area (Å²) in [5, 5.41) is 5.71. The minimum Gasteiger partial charge on any atom is -0.325 e. The van der Waals surface area contributed by atoms with E-state index >= 15 is 0 Å². The van der Waals surface area contributed by atoms with Crippen LogP contribution >= 0.6 is 15.9 Å². The standard InChI is InChI=1S/C22H25BrN4O3/c1-14-12-20(28)25-18-6-4-5-7-19(18)27(14)21(29)13-26(3)15(2)22(30)24-17-10-8-16(23)9-11-17/h4-11,14-15H,12-13H2,1-3H3,(H,24,30)(H,25,28)/t14-,15-/m1/s1. The fourth-order valence-electron chi connectivity index (χ4n) is 3.37. The average Bonchev–Trinajstić information content (AvgIpc) is 2.83. The van der Waals surface area contributed by atoms with Gasteiger partial charge in [0.05, 0.1) is 24.0 Å². The summed E-state index contributed by atoms with van der Waals surface area (Å²) >= 11 is 3.37. The number of fused-ring (bicyclic) bond motifs is 1. The Morgan fingerprint density at radius 1 is 1.23 bits per heavy atom. The molecular formula is C22H25BrN4O3. The van der Waals surface area contributed by atoms with Gasteiger partial charge in [0.2, 0.25) is 17.7 Å². The molecule has 3 rings (SSSR count). The SMILES string of the molecule is C[C@H](C(=O)Nc1ccc(Br)cc1)N(C)CC(=O)N1c2ccccc2NC(=O)C[C@H]1C. The molecule has 2 N–H and O–H groups in total. The number of likely N-dealkylation sites (N-methyl/N-ethyl adjacent to an activating group) is 1. The van der Waals surface area contributed by atoms with Crippen molar-refractivity contribution in [3.05, 3.63) is 53.0 Å². The van der Waals surface area contributed by atoms with Gasteiger partial charge in [-0.05, 0) is 57.3 Å². The number of rotatable bonds is 5. The summed E-state index contributed by atoms with van der Waals surface area (Å²) in [6.07, 6.45) is 0.212. The number of amides is 3. The first-order valence-electron chi connectivity index (χ1n) is 9.74. The summed E-state index contributed by atoms with van der Waals surface area (Å²) in [5.41, 5.74) is 1.97. The third-order valence-corrected chi connectivity index (χ3v) is 5.69. The van der Waals surface area contributed by atoms with Crippen LogP contribution in [0, 0.1) is 0 Å². The molecule has 1 heterocycles. The van der Waals surface area contributed by atoms with E-state index in [9.17, 15) is 14.4 Å². The monoisotopic (exact) mass is 472 g/mol. The summed E-state index contributed by atoms with van der Waals surface area (Å²) in [7, 11) is 1.74. The minimum absolute atomic E-state index is 0.0434. The highest BCUT2D eigenvalue weighted by Gasteiger charge is 2.31. The Morgan fingerprint density at radius 3 is 2.60 bits per heavy atom. The zero-order valence-corrected chi connectivity index (χ0v) is 18.8. The Balaban J connectivity index is 1.70. The van der Waals surface area contributed by atoms with Crippen molar-refractivity contribution in [2.24, 2.45) is 0 Å². The van der Waals surface area contributed by atoms with Crippen LogP contribution in [0.3, 0.4) is 0 Å². The third kappa shape index (κ3) is 5.06. The van der Waals surface area contributed by atoms with Gasteiger partial charge in [-0.3, -0.25) is 19.3 Å². The zero-order valence-electron chi connectivity index (χ0n) is 17.2. The van der Waals surface area contributed by atoms with E-state index < -0.39 is 6.04 Å². The number of para-hydroxylation sites is 2. The number of nitrogens with zero attached hydrogens (tertiary/aromatic N) is 2. The molecule has 0 fully saturated rings. The maximum absolute atomic E-state index is 13.2. The number of halogens is 1. The van der Waals surface area contributed by atoms with Crippen molar-refractivity contribution >= 4 is 50.7 Å². The second-order valence-corrected chi connectivity index (χ2v) is 8.39. The molecule has 1 aliphatic rings. The molecule has 0 saturated carbocycles. The van der Waals surface area contributed by atoms with Gasteiger partial charge < -0.3 is 15.5 Å². The van der Waals surface area contributed by atoms with Crippen LogP contribution in [0.25, 0.3) is 0 Å². The highest BCUT2D eigenvalue weighted by Crippen LogP contribution is 2.31. The largest absolute Gasteiger partial charge is 0.325 e. The lowest BCUT2D eigenvalue weighted by Gasteiger charge is -2.31. The van der Waals surface area contributed by atoms with Gasteiger partial charge in [0, 0.05) is 22.6 Å². The smallest absolute Gasteiger partial charge is 0.241 e. The van der Waals surface area contributed by atoms with E-state index in [2.05, 4.69) is 26.6 Å². The van der Waals surface area contributed by atoms with E-state index in [1.165, 1.54) is 0 Å². The van der Waals surface area contributed by atoms with Crippen LogP contribution in [0.4, 0.5) is 17.1 Å². The van der Waals surface area contributed by atoms with Crippen molar-refractivity contribution < 1.29 is 14.4 Å². The number of carbonyl (C=O) groups is 3. The van der Waals surface area contributed by atoms with Crippen LogP contribution < -0.4 is 15.5 Å². The number of carbonyl (C=O) groups excluding carboxylic acids is 3. The van der Waals surface area contributed by atoms with E-state index in [0.29, 0.717) is 17.1 Å². The fourth-order valence-corrected chi connectivity index (χ4v) is 3.64. The van der Waals surface area contributed by atoms with E-state index in [1.807, 2.05) is 37.3 Å². The molecule has 0 radical (unpaired) electrons. The highest BCUT2D eigenvalue weighted by atomic mass is 79.9. The van der Waals surface area contributed by atoms with Gasteiger partial charge in [0.15, 0.2) is 0 Å². The van der Waals surface area contributed by atoms with Crippen LogP contribution in [-0.2, 0) is 14.4 Å². The zero-order chi connectivity index (χ0) is 21.8. The summed E-state index contributed by atoms with van der Waals surface area (Å²) in [6, 6.07) is 13.8. The average molecular weight is 473 g/mol. The Morgan fingerprint density at radius 2 is 1.90 bits per heavy atom. The van der Waals surface area contributed by atoms with E-state index in [-0.39, 0.29) is 36.7 Å². The Labute approximate surface area is 184 Å². The number of nitrogens with one attached hydrogen (secondary N) is 2. The Hall–Kier alpha value is -2.71. The number of benzene rings is 2. The van der Waals surface area contributed by atoms with Gasteiger partial charge in [-0.25, -0.2) is 0 Å². The van der Waals surface area contributed by atoms with Gasteiger partial charge in [-0.15, -0.1) is 0 Å². The maximum atomic E-state index is 13.2. The Kier molecular flexibility index (Phi) is 6.89. The highest BCUT2D eigenvalue weighted by molar-refractivity contribution is 9.10. The lowest BCUT2D eigenvalue weighted by atomic mass is 10.1. The molecule has 158 valence electrons. The van der Waals surface area contributed by atoms with E-state index in [1.54, 1.807) is 42.0 Å².